The Morgan fingerprint density at radius 1 is 0.929 bits per heavy atom. The van der Waals surface area contributed by atoms with Gasteiger partial charge in [0.25, 0.3) is 0 Å². The molecule has 0 unspecified atom stereocenters. The van der Waals surface area contributed by atoms with Gasteiger partial charge in [-0.3, -0.25) is 10.2 Å². The number of aldehydes is 1. The molecule has 148 valence electrons. The van der Waals surface area contributed by atoms with Crippen LogP contribution in [0.4, 0.5) is 10.1 Å². The zero-order valence-corrected chi connectivity index (χ0v) is 17.0. The van der Waals surface area contributed by atoms with E-state index in [2.05, 4.69) is 22.7 Å². The fourth-order valence-electron chi connectivity index (χ4n) is 1.87. The lowest BCUT2D eigenvalue weighted by Gasteiger charge is -2.03. The lowest BCUT2D eigenvalue weighted by atomic mass is 10.1. The van der Waals surface area contributed by atoms with E-state index in [4.69, 9.17) is 0 Å². The molecule has 0 radical (unpaired) electrons. The number of halogens is 1. The van der Waals surface area contributed by atoms with Crippen LogP contribution in [-0.2, 0) is 4.79 Å². The summed E-state index contributed by atoms with van der Waals surface area (Å²) in [6.45, 7) is 7.52. The quantitative estimate of drug-likeness (QED) is 0.193. The summed E-state index contributed by atoms with van der Waals surface area (Å²) in [6.07, 6.45) is 9.45. The minimum atomic E-state index is 0.500. The van der Waals surface area contributed by atoms with Crippen LogP contribution in [0, 0.1) is 0 Å². The molecule has 0 heterocycles. The van der Waals surface area contributed by atoms with Crippen LogP contribution >= 0.6 is 0 Å². The summed E-state index contributed by atoms with van der Waals surface area (Å²) in [5.74, 6) is 0. The minimum Gasteiger partial charge on any atom is -0.298 e. The van der Waals surface area contributed by atoms with Gasteiger partial charge in [0, 0.05) is 5.57 Å². The van der Waals surface area contributed by atoms with Gasteiger partial charge in [0.05, 0.1) is 18.2 Å². The van der Waals surface area contributed by atoms with Gasteiger partial charge in [-0.15, -0.1) is 0 Å². The monoisotopic (exact) mass is 380 g/mol. The molecule has 2 aromatic rings. The molecule has 0 aliphatic heterocycles. The summed E-state index contributed by atoms with van der Waals surface area (Å²) in [7, 11) is 0. The maximum Gasteiger partial charge on any atom is 0.151 e. The first-order chi connectivity index (χ1) is 13.7. The molecule has 0 saturated carbocycles. The van der Waals surface area contributed by atoms with Gasteiger partial charge in [-0.05, 0) is 37.1 Å². The maximum absolute atomic E-state index is 10.8. The molecule has 0 atom stereocenters. The predicted octanol–water partition coefficient (Wildman–Crippen LogP) is 6.97. The van der Waals surface area contributed by atoms with E-state index in [1.165, 1.54) is 17.9 Å². The van der Waals surface area contributed by atoms with E-state index in [1.807, 2.05) is 69.3 Å². The normalized spacial score (nSPS) is 11.0. The molecule has 0 aromatic heterocycles. The van der Waals surface area contributed by atoms with Gasteiger partial charge in [0.2, 0.25) is 0 Å². The topological polar surface area (TPSA) is 41.5 Å². The SMILES string of the molecule is C/C=C/C=C(C=O)/C=N\Nc1ccc(-c2ccccc2)cc1.C/C=C/F.CC. The number of carbonyl (C=O) groups excluding carboxylic acids is 1. The molecule has 2 rings (SSSR count). The third kappa shape index (κ3) is 10.7. The Labute approximate surface area is 168 Å². The second kappa shape index (κ2) is 17.2. The summed E-state index contributed by atoms with van der Waals surface area (Å²) in [4.78, 5) is 10.8. The number of allylic oxidation sites excluding steroid dienone is 5. The molecule has 1 N–H and O–H groups in total. The molecule has 0 aliphatic carbocycles. The lowest BCUT2D eigenvalue weighted by molar-refractivity contribution is -0.104. The summed E-state index contributed by atoms with van der Waals surface area (Å²) >= 11 is 0. The van der Waals surface area contributed by atoms with Crippen molar-refractivity contribution >= 4 is 18.2 Å². The van der Waals surface area contributed by atoms with E-state index in [9.17, 15) is 9.18 Å². The average Bonchev–Trinajstić information content (AvgIpc) is 2.78. The van der Waals surface area contributed by atoms with E-state index in [1.54, 1.807) is 19.1 Å². The molecule has 0 amide bonds. The molecule has 3 nitrogen and oxygen atoms in total. The van der Waals surface area contributed by atoms with Crippen LogP contribution in [0.5, 0.6) is 0 Å². The third-order valence-electron chi connectivity index (χ3n) is 3.14. The zero-order chi connectivity index (χ0) is 21.0. The van der Waals surface area contributed by atoms with Gasteiger partial charge in [-0.1, -0.05) is 80.6 Å². The van der Waals surface area contributed by atoms with E-state index < -0.39 is 0 Å². The number of anilines is 1. The van der Waals surface area contributed by atoms with Crippen LogP contribution in [0.15, 0.2) is 95.9 Å². The molecule has 0 spiro atoms. The standard InChI is InChI=1S/C19H18N2O.C3H5F.C2H6/c1-2-3-7-16(15-22)14-20-21-19-12-10-18(11-13-19)17-8-5-4-6-9-17;1-2-3-4;1-2/h2-15,21H,1H3;2-3H,1H3;1-2H3/b3-2+,16-7-,20-14-;3-2+;. The number of hydrogen-bond acceptors (Lipinski definition) is 3. The van der Waals surface area contributed by atoms with E-state index >= 15 is 0 Å². The van der Waals surface area contributed by atoms with Crippen molar-refractivity contribution in [2.24, 2.45) is 5.10 Å². The van der Waals surface area contributed by atoms with Gasteiger partial charge in [-0.2, -0.15) is 5.10 Å². The van der Waals surface area contributed by atoms with E-state index in [0.717, 1.165) is 17.5 Å². The summed E-state index contributed by atoms with van der Waals surface area (Å²) in [5.41, 5.74) is 6.61. The summed E-state index contributed by atoms with van der Waals surface area (Å²) in [6, 6.07) is 18.2. The fraction of sp³-hybridized carbons (Fsp3) is 0.167. The Kier molecular flexibility index (Phi) is 15.2. The van der Waals surface area contributed by atoms with Gasteiger partial charge in [-0.25, -0.2) is 4.39 Å². The number of benzene rings is 2. The largest absolute Gasteiger partial charge is 0.298 e. The molecule has 28 heavy (non-hydrogen) atoms. The molecule has 2 aromatic carbocycles. The van der Waals surface area contributed by atoms with E-state index in [0.29, 0.717) is 11.9 Å². The fourth-order valence-corrected chi connectivity index (χ4v) is 1.87. The Hall–Kier alpha value is -3.27. The highest BCUT2D eigenvalue weighted by Gasteiger charge is 1.96. The smallest absolute Gasteiger partial charge is 0.151 e. The van der Waals surface area contributed by atoms with Crippen molar-refractivity contribution in [3.63, 3.8) is 0 Å². The number of nitrogens with zero attached hydrogens (tertiary/aromatic N) is 1. The van der Waals surface area contributed by atoms with Crippen molar-refractivity contribution in [2.75, 3.05) is 5.43 Å². The first-order valence-corrected chi connectivity index (χ1v) is 9.19. The van der Waals surface area contributed by atoms with Crippen molar-refractivity contribution in [1.29, 1.82) is 0 Å². The summed E-state index contributed by atoms with van der Waals surface area (Å²) < 4.78 is 10.5. The average molecular weight is 381 g/mol. The lowest BCUT2D eigenvalue weighted by Crippen LogP contribution is -1.92. The Morgan fingerprint density at radius 2 is 1.50 bits per heavy atom. The number of rotatable bonds is 6. The first-order valence-electron chi connectivity index (χ1n) is 9.19. The van der Waals surface area contributed by atoms with Crippen molar-refractivity contribution in [3.05, 3.63) is 90.8 Å². The summed E-state index contributed by atoms with van der Waals surface area (Å²) in [5, 5.41) is 4.06. The Balaban J connectivity index is 0.00000108. The van der Waals surface area contributed by atoms with Gasteiger partial charge < -0.3 is 0 Å². The molecule has 4 heteroatoms. The maximum atomic E-state index is 10.8. The first kappa shape index (κ1) is 24.7. The van der Waals surface area contributed by atoms with Crippen molar-refractivity contribution in [3.8, 4) is 11.1 Å². The van der Waals surface area contributed by atoms with Crippen LogP contribution in [-0.4, -0.2) is 12.5 Å². The predicted molar refractivity (Wildman–Crippen MR) is 120 cm³/mol. The second-order valence-electron chi connectivity index (χ2n) is 5.08. The van der Waals surface area contributed by atoms with E-state index in [-0.39, 0.29) is 0 Å². The molecule has 0 saturated heterocycles. The van der Waals surface area contributed by atoms with Crippen molar-refractivity contribution < 1.29 is 9.18 Å². The third-order valence-corrected chi connectivity index (χ3v) is 3.14. The number of hydrazone groups is 1. The number of hydrogen-bond donors (Lipinski definition) is 1. The molecular formula is C24H29FN2O. The molecular weight excluding hydrogens is 351 g/mol. The van der Waals surface area contributed by atoms with Crippen molar-refractivity contribution in [2.45, 2.75) is 27.7 Å². The Bertz CT molecular complexity index is 757. The molecule has 0 fully saturated rings. The van der Waals surface area contributed by atoms with Crippen LogP contribution < -0.4 is 5.43 Å². The van der Waals surface area contributed by atoms with Gasteiger partial charge in [0.1, 0.15) is 0 Å². The zero-order valence-electron chi connectivity index (χ0n) is 17.0. The molecule has 0 bridgehead atoms. The highest BCUT2D eigenvalue weighted by Crippen LogP contribution is 2.20. The molecule has 0 aliphatic rings. The Morgan fingerprint density at radius 3 is 2.00 bits per heavy atom. The van der Waals surface area contributed by atoms with Crippen LogP contribution in [0.1, 0.15) is 27.7 Å². The number of nitrogens with one attached hydrogen (secondary N) is 1. The van der Waals surface area contributed by atoms with Crippen LogP contribution in [0.3, 0.4) is 0 Å². The highest BCUT2D eigenvalue weighted by molar-refractivity contribution is 6.02. The van der Waals surface area contributed by atoms with Gasteiger partial charge >= 0.3 is 0 Å². The second-order valence-corrected chi connectivity index (χ2v) is 5.08. The van der Waals surface area contributed by atoms with Gasteiger partial charge in [0.15, 0.2) is 6.29 Å². The highest BCUT2D eigenvalue weighted by atomic mass is 19.1. The van der Waals surface area contributed by atoms with Crippen LogP contribution in [0.25, 0.3) is 11.1 Å². The number of carbonyl (C=O) groups is 1. The van der Waals surface area contributed by atoms with Crippen molar-refractivity contribution in [1.82, 2.24) is 0 Å². The van der Waals surface area contributed by atoms with Crippen LogP contribution in [0.2, 0.25) is 0 Å². The minimum absolute atomic E-state index is 0.500.